The molecule has 0 spiro atoms. The number of carbonyl (C=O) groups is 1. The van der Waals surface area contributed by atoms with Crippen LogP contribution in [0.4, 0.5) is 4.79 Å². The van der Waals surface area contributed by atoms with E-state index in [2.05, 4.69) is 10.5 Å². The van der Waals surface area contributed by atoms with Crippen LogP contribution in [-0.2, 0) is 4.74 Å². The smallest absolute Gasteiger partial charge is 0.332 e. The Balaban J connectivity index is 2.64. The van der Waals surface area contributed by atoms with Crippen molar-refractivity contribution in [2.45, 2.75) is 13.3 Å². The minimum atomic E-state index is -0.657. The molecule has 0 radical (unpaired) electrons. The Morgan fingerprint density at radius 1 is 1.57 bits per heavy atom. The highest BCUT2D eigenvalue weighted by Gasteiger charge is 2.10. The van der Waals surface area contributed by atoms with E-state index in [4.69, 9.17) is 10.5 Å². The van der Waals surface area contributed by atoms with Crippen LogP contribution in [0.25, 0.3) is 0 Å². The topological polar surface area (TPSA) is 76.7 Å². The lowest BCUT2D eigenvalue weighted by Gasteiger charge is -2.12. The Labute approximate surface area is 82.3 Å². The van der Waals surface area contributed by atoms with E-state index in [-0.39, 0.29) is 5.92 Å². The molecule has 0 aromatic heterocycles. The summed E-state index contributed by atoms with van der Waals surface area (Å²) in [6.45, 7) is 1.96. The van der Waals surface area contributed by atoms with Crippen molar-refractivity contribution in [2.24, 2.45) is 16.8 Å². The van der Waals surface area contributed by atoms with Crippen molar-refractivity contribution in [1.82, 2.24) is 5.43 Å². The predicted octanol–water partition coefficient (Wildman–Crippen LogP) is 1.09. The van der Waals surface area contributed by atoms with E-state index in [0.29, 0.717) is 0 Å². The van der Waals surface area contributed by atoms with Crippen LogP contribution in [0.3, 0.4) is 0 Å². The summed E-state index contributed by atoms with van der Waals surface area (Å²) in [6, 6.07) is -0.657. The fraction of sp³-hybridized carbons (Fsp3) is 0.333. The van der Waals surface area contributed by atoms with E-state index in [1.165, 1.54) is 0 Å². The lowest BCUT2D eigenvalue weighted by Crippen LogP contribution is -2.27. The van der Waals surface area contributed by atoms with Gasteiger partial charge in [0.2, 0.25) is 0 Å². The van der Waals surface area contributed by atoms with Crippen molar-refractivity contribution >= 4 is 11.7 Å². The molecular weight excluding hydrogens is 182 g/mol. The number of ether oxygens (including phenoxy) is 1. The van der Waals surface area contributed by atoms with Crippen LogP contribution in [0.5, 0.6) is 0 Å². The summed E-state index contributed by atoms with van der Waals surface area (Å²) in [4.78, 5) is 10.4. The number of rotatable bonds is 3. The maximum Gasteiger partial charge on any atom is 0.332 e. The predicted molar refractivity (Wildman–Crippen MR) is 53.3 cm³/mol. The molecule has 2 amide bonds. The molecule has 5 nitrogen and oxygen atoms in total. The number of nitrogens with two attached hydrogens (primary N) is 1. The van der Waals surface area contributed by atoms with Crippen LogP contribution in [0.2, 0.25) is 0 Å². The molecule has 3 N–H and O–H groups in total. The number of amides is 2. The van der Waals surface area contributed by atoms with E-state index >= 15 is 0 Å². The summed E-state index contributed by atoms with van der Waals surface area (Å²) in [6.07, 6.45) is 7.61. The number of allylic oxidation sites excluding steroid dienone is 2. The molecule has 76 valence electrons. The van der Waals surface area contributed by atoms with Gasteiger partial charge in [-0.25, -0.2) is 10.2 Å². The molecule has 0 aromatic carbocycles. The molecule has 0 unspecified atom stereocenters. The number of hydrogen-bond acceptors (Lipinski definition) is 3. The number of hydrogen-bond donors (Lipinski definition) is 2. The molecule has 0 aliphatic carbocycles. The molecule has 0 aromatic rings. The Bertz CT molecular complexity index is 282. The maximum absolute atomic E-state index is 10.4. The zero-order valence-corrected chi connectivity index (χ0v) is 7.93. The normalized spacial score (nSPS) is 16.5. The van der Waals surface area contributed by atoms with E-state index < -0.39 is 6.03 Å². The largest absolute Gasteiger partial charge is 0.473 e. The molecule has 0 fully saturated rings. The number of primary amides is 1. The van der Waals surface area contributed by atoms with Crippen LogP contribution in [-0.4, -0.2) is 11.7 Å². The molecular formula is C9H13N3O2. The molecule has 0 bridgehead atoms. The third-order valence-corrected chi connectivity index (χ3v) is 1.79. The second-order valence-corrected chi connectivity index (χ2v) is 2.75. The highest BCUT2D eigenvalue weighted by molar-refractivity contribution is 5.90. The second kappa shape index (κ2) is 5.06. The van der Waals surface area contributed by atoms with Gasteiger partial charge in [0.15, 0.2) is 0 Å². The number of hydrazone groups is 1. The SMILES string of the molecule is CC/C(=N\NC(N)=O)C1C=COC=C1. The maximum atomic E-state index is 10.4. The van der Waals surface area contributed by atoms with Crippen LogP contribution in [0, 0.1) is 5.92 Å². The van der Waals surface area contributed by atoms with Gasteiger partial charge in [-0.2, -0.15) is 5.10 Å². The molecule has 0 atom stereocenters. The fourth-order valence-corrected chi connectivity index (χ4v) is 1.11. The summed E-state index contributed by atoms with van der Waals surface area (Å²) >= 11 is 0. The molecule has 1 rings (SSSR count). The van der Waals surface area contributed by atoms with E-state index in [1.807, 2.05) is 19.1 Å². The van der Waals surface area contributed by atoms with Crippen LogP contribution in [0.1, 0.15) is 13.3 Å². The summed E-state index contributed by atoms with van der Waals surface area (Å²) in [5, 5.41) is 3.90. The highest BCUT2D eigenvalue weighted by Crippen LogP contribution is 2.11. The first-order chi connectivity index (χ1) is 6.74. The first-order valence-electron chi connectivity index (χ1n) is 4.34. The average molecular weight is 195 g/mol. The van der Waals surface area contributed by atoms with Gasteiger partial charge in [0, 0.05) is 11.6 Å². The standard InChI is InChI=1S/C9H13N3O2/c1-2-8(11-12-9(10)13)7-3-5-14-6-4-7/h3-7H,2H2,1H3,(H3,10,12,13)/b11-8+. The van der Waals surface area contributed by atoms with Gasteiger partial charge in [-0.15, -0.1) is 0 Å². The molecule has 1 heterocycles. The van der Waals surface area contributed by atoms with Crippen molar-refractivity contribution in [2.75, 3.05) is 0 Å². The molecule has 0 saturated heterocycles. The minimum Gasteiger partial charge on any atom is -0.473 e. The lowest BCUT2D eigenvalue weighted by molar-refractivity contribution is 0.249. The molecule has 1 aliphatic rings. The van der Waals surface area contributed by atoms with Gasteiger partial charge in [0.25, 0.3) is 0 Å². The van der Waals surface area contributed by atoms with Gasteiger partial charge in [-0.1, -0.05) is 6.92 Å². The first-order valence-corrected chi connectivity index (χ1v) is 4.34. The molecule has 0 saturated carbocycles. The summed E-state index contributed by atoms with van der Waals surface area (Å²) < 4.78 is 4.89. The van der Waals surface area contributed by atoms with Crippen LogP contribution < -0.4 is 11.2 Å². The van der Waals surface area contributed by atoms with Gasteiger partial charge in [-0.05, 0) is 18.6 Å². The number of urea groups is 1. The highest BCUT2D eigenvalue weighted by atomic mass is 16.5. The molecule has 14 heavy (non-hydrogen) atoms. The third-order valence-electron chi connectivity index (χ3n) is 1.79. The van der Waals surface area contributed by atoms with Crippen molar-refractivity contribution in [3.05, 3.63) is 24.7 Å². The van der Waals surface area contributed by atoms with Crippen molar-refractivity contribution in [3.8, 4) is 0 Å². The van der Waals surface area contributed by atoms with Crippen molar-refractivity contribution in [1.29, 1.82) is 0 Å². The van der Waals surface area contributed by atoms with Gasteiger partial charge < -0.3 is 10.5 Å². The van der Waals surface area contributed by atoms with Crippen molar-refractivity contribution < 1.29 is 9.53 Å². The monoisotopic (exact) mass is 195 g/mol. The van der Waals surface area contributed by atoms with E-state index in [9.17, 15) is 4.79 Å². The van der Waals surface area contributed by atoms with Gasteiger partial charge in [0.05, 0.1) is 12.5 Å². The quantitative estimate of drug-likeness (QED) is 0.522. The summed E-state index contributed by atoms with van der Waals surface area (Å²) in [5.41, 5.74) is 7.95. The Kier molecular flexibility index (Phi) is 3.72. The van der Waals surface area contributed by atoms with Gasteiger partial charge >= 0.3 is 6.03 Å². The number of nitrogens with zero attached hydrogens (tertiary/aromatic N) is 1. The minimum absolute atomic E-state index is 0.0700. The molecule has 1 aliphatic heterocycles. The van der Waals surface area contributed by atoms with Crippen LogP contribution >= 0.6 is 0 Å². The van der Waals surface area contributed by atoms with E-state index in [0.717, 1.165) is 12.1 Å². The Morgan fingerprint density at radius 2 is 2.21 bits per heavy atom. The fourth-order valence-electron chi connectivity index (χ4n) is 1.11. The molecule has 5 heteroatoms. The first kappa shape index (κ1) is 10.3. The summed E-state index contributed by atoms with van der Waals surface area (Å²) in [7, 11) is 0. The number of nitrogens with one attached hydrogen (secondary N) is 1. The Morgan fingerprint density at radius 3 is 2.71 bits per heavy atom. The zero-order chi connectivity index (χ0) is 10.4. The van der Waals surface area contributed by atoms with Gasteiger partial charge in [0.1, 0.15) is 0 Å². The van der Waals surface area contributed by atoms with Crippen molar-refractivity contribution in [3.63, 3.8) is 0 Å². The lowest BCUT2D eigenvalue weighted by atomic mass is 10.0. The summed E-state index contributed by atoms with van der Waals surface area (Å²) in [5.74, 6) is 0.0700. The van der Waals surface area contributed by atoms with E-state index in [1.54, 1.807) is 12.5 Å². The number of carbonyl (C=O) groups excluding carboxylic acids is 1. The van der Waals surface area contributed by atoms with Gasteiger partial charge in [-0.3, -0.25) is 0 Å². The second-order valence-electron chi connectivity index (χ2n) is 2.75. The van der Waals surface area contributed by atoms with Crippen LogP contribution in [0.15, 0.2) is 29.8 Å². The Hall–Kier alpha value is -1.78. The zero-order valence-electron chi connectivity index (χ0n) is 7.93. The average Bonchev–Trinajstić information content (AvgIpc) is 2.20. The third kappa shape index (κ3) is 2.93.